The van der Waals surface area contributed by atoms with E-state index in [0.717, 1.165) is 29.8 Å². The molecule has 0 bridgehead atoms. The summed E-state index contributed by atoms with van der Waals surface area (Å²) in [6.07, 6.45) is 9.93. The van der Waals surface area contributed by atoms with E-state index in [2.05, 4.69) is 15.7 Å². The summed E-state index contributed by atoms with van der Waals surface area (Å²) in [5.41, 5.74) is 1.59. The highest BCUT2D eigenvalue weighted by Crippen LogP contribution is 2.24. The molecule has 1 aliphatic rings. The molecule has 1 aliphatic carbocycles. The smallest absolute Gasteiger partial charge is 0.246 e. The van der Waals surface area contributed by atoms with E-state index in [1.54, 1.807) is 17.9 Å². The van der Waals surface area contributed by atoms with Crippen LogP contribution in [-0.4, -0.2) is 28.8 Å². The van der Waals surface area contributed by atoms with Gasteiger partial charge in [-0.3, -0.25) is 9.48 Å². The van der Waals surface area contributed by atoms with Gasteiger partial charge in [0.05, 0.1) is 12.3 Å². The van der Waals surface area contributed by atoms with E-state index >= 15 is 0 Å². The van der Waals surface area contributed by atoms with Crippen LogP contribution in [-0.2, 0) is 11.8 Å². The fraction of sp³-hybridized carbons (Fsp3) is 0.474. The van der Waals surface area contributed by atoms with Gasteiger partial charge in [-0.25, -0.2) is 0 Å². The summed E-state index contributed by atoms with van der Waals surface area (Å²) in [7, 11) is 3.59. The summed E-state index contributed by atoms with van der Waals surface area (Å²) in [5, 5.41) is 10.1. The van der Waals surface area contributed by atoms with Gasteiger partial charge in [0.15, 0.2) is 0 Å². The molecule has 1 aromatic heterocycles. The van der Waals surface area contributed by atoms with Crippen molar-refractivity contribution in [2.75, 3.05) is 12.4 Å². The number of carbonyl (C=O) groups is 1. The number of likely N-dealkylation sites (N-methyl/N-ethyl adjacent to an activating group) is 1. The minimum absolute atomic E-state index is 0.114. The van der Waals surface area contributed by atoms with Crippen molar-refractivity contribution in [1.82, 2.24) is 15.1 Å². The van der Waals surface area contributed by atoms with Crippen LogP contribution in [0.4, 0.5) is 5.69 Å². The molecule has 1 unspecified atom stereocenters. The summed E-state index contributed by atoms with van der Waals surface area (Å²) in [5.74, 6) is 0.749. The molecule has 0 radical (unpaired) electrons. The highest BCUT2D eigenvalue weighted by molar-refractivity contribution is 5.95. The highest BCUT2D eigenvalue weighted by Gasteiger charge is 2.20. The number of hydrogen-bond acceptors (Lipinski definition) is 4. The van der Waals surface area contributed by atoms with Gasteiger partial charge in [0.25, 0.3) is 0 Å². The number of aryl methyl sites for hydroxylation is 1. The first-order chi connectivity index (χ1) is 12.2. The van der Waals surface area contributed by atoms with E-state index in [1.807, 2.05) is 37.5 Å². The summed E-state index contributed by atoms with van der Waals surface area (Å²) in [6.45, 7) is 0. The van der Waals surface area contributed by atoms with Crippen molar-refractivity contribution in [2.24, 2.45) is 7.05 Å². The minimum Gasteiger partial charge on any atom is -0.490 e. The molecule has 1 saturated carbocycles. The van der Waals surface area contributed by atoms with Crippen molar-refractivity contribution < 1.29 is 9.53 Å². The largest absolute Gasteiger partial charge is 0.490 e. The molecule has 1 heterocycles. The number of hydrogen-bond donors (Lipinski definition) is 2. The van der Waals surface area contributed by atoms with Crippen LogP contribution in [0.5, 0.6) is 5.75 Å². The lowest BCUT2D eigenvalue weighted by molar-refractivity contribution is -0.118. The van der Waals surface area contributed by atoms with Gasteiger partial charge in [-0.15, -0.1) is 0 Å². The van der Waals surface area contributed by atoms with E-state index < -0.39 is 6.04 Å². The maximum atomic E-state index is 12.5. The molecule has 3 rings (SSSR count). The van der Waals surface area contributed by atoms with Crippen LogP contribution >= 0.6 is 0 Å². The van der Waals surface area contributed by atoms with E-state index in [4.69, 9.17) is 4.74 Å². The molecule has 1 amide bonds. The molecule has 6 heteroatoms. The van der Waals surface area contributed by atoms with E-state index in [0.29, 0.717) is 6.10 Å². The van der Waals surface area contributed by atoms with Crippen molar-refractivity contribution in [3.8, 4) is 5.75 Å². The van der Waals surface area contributed by atoms with Gasteiger partial charge in [-0.1, -0.05) is 6.42 Å². The zero-order valence-corrected chi connectivity index (χ0v) is 14.9. The lowest BCUT2D eigenvalue weighted by Crippen LogP contribution is -2.30. The number of amides is 1. The molecular formula is C19H26N4O2. The van der Waals surface area contributed by atoms with Gasteiger partial charge in [-0.2, -0.15) is 5.10 Å². The molecule has 1 aromatic carbocycles. The Balaban J connectivity index is 1.59. The fourth-order valence-corrected chi connectivity index (χ4v) is 3.25. The van der Waals surface area contributed by atoms with Crippen molar-refractivity contribution in [2.45, 2.75) is 44.2 Å². The van der Waals surface area contributed by atoms with Gasteiger partial charge in [0.1, 0.15) is 11.8 Å². The summed E-state index contributed by atoms with van der Waals surface area (Å²) in [4.78, 5) is 12.5. The number of ether oxygens (including phenoxy) is 1. The Bertz CT molecular complexity index is 690. The number of carbonyl (C=O) groups excluding carboxylic acids is 1. The first-order valence-electron chi connectivity index (χ1n) is 8.89. The zero-order chi connectivity index (χ0) is 17.6. The SMILES string of the molecule is CNC(C(=O)Nc1ccc(OC2CCCCC2)cc1)c1cnn(C)c1. The van der Waals surface area contributed by atoms with Gasteiger partial charge in [0, 0.05) is 24.5 Å². The van der Waals surface area contributed by atoms with Crippen LogP contribution in [0, 0.1) is 0 Å². The number of anilines is 1. The van der Waals surface area contributed by atoms with Crippen molar-refractivity contribution in [1.29, 1.82) is 0 Å². The Morgan fingerprint density at radius 1 is 1.24 bits per heavy atom. The Kier molecular flexibility index (Phi) is 5.71. The maximum absolute atomic E-state index is 12.5. The van der Waals surface area contributed by atoms with Crippen molar-refractivity contribution in [3.63, 3.8) is 0 Å². The van der Waals surface area contributed by atoms with Crippen molar-refractivity contribution in [3.05, 3.63) is 42.2 Å². The lowest BCUT2D eigenvalue weighted by atomic mass is 9.98. The van der Waals surface area contributed by atoms with Crippen molar-refractivity contribution >= 4 is 11.6 Å². The molecule has 0 spiro atoms. The van der Waals surface area contributed by atoms with Crippen LogP contribution in [0.1, 0.15) is 43.7 Å². The Hall–Kier alpha value is -2.34. The second-order valence-electron chi connectivity index (χ2n) is 6.56. The molecule has 0 aliphatic heterocycles. The molecule has 2 N–H and O–H groups in total. The maximum Gasteiger partial charge on any atom is 0.246 e. The third-order valence-electron chi connectivity index (χ3n) is 4.59. The first kappa shape index (κ1) is 17.5. The molecule has 134 valence electrons. The summed E-state index contributed by atoms with van der Waals surface area (Å²) < 4.78 is 7.70. The topological polar surface area (TPSA) is 68.2 Å². The predicted octanol–water partition coefficient (Wildman–Crippen LogP) is 3.03. The second kappa shape index (κ2) is 8.16. The van der Waals surface area contributed by atoms with E-state index in [1.165, 1.54) is 19.3 Å². The van der Waals surface area contributed by atoms with Gasteiger partial charge >= 0.3 is 0 Å². The van der Waals surface area contributed by atoms with Gasteiger partial charge < -0.3 is 15.4 Å². The highest BCUT2D eigenvalue weighted by atomic mass is 16.5. The number of rotatable bonds is 6. The standard InChI is InChI=1S/C19H26N4O2/c1-20-18(14-12-21-23(2)13-14)19(24)22-15-8-10-17(11-9-15)25-16-6-4-3-5-7-16/h8-13,16,18,20H,3-7H2,1-2H3,(H,22,24). The zero-order valence-electron chi connectivity index (χ0n) is 14.9. The number of nitrogens with zero attached hydrogens (tertiary/aromatic N) is 2. The minimum atomic E-state index is -0.438. The third kappa shape index (κ3) is 4.60. The molecule has 6 nitrogen and oxygen atoms in total. The van der Waals surface area contributed by atoms with Gasteiger partial charge in [0.2, 0.25) is 5.91 Å². The number of aromatic nitrogens is 2. The number of benzene rings is 1. The second-order valence-corrected chi connectivity index (χ2v) is 6.56. The Labute approximate surface area is 148 Å². The molecule has 25 heavy (non-hydrogen) atoms. The molecule has 1 atom stereocenters. The molecule has 2 aromatic rings. The van der Waals surface area contributed by atoms with Crippen LogP contribution < -0.4 is 15.4 Å². The average Bonchev–Trinajstić information content (AvgIpc) is 3.04. The first-order valence-corrected chi connectivity index (χ1v) is 8.89. The monoisotopic (exact) mass is 342 g/mol. The predicted molar refractivity (Wildman–Crippen MR) is 97.6 cm³/mol. The Morgan fingerprint density at radius 3 is 2.56 bits per heavy atom. The summed E-state index contributed by atoms with van der Waals surface area (Å²) in [6, 6.07) is 7.16. The number of nitrogens with one attached hydrogen (secondary N) is 2. The van der Waals surface area contributed by atoms with Crippen LogP contribution in [0.3, 0.4) is 0 Å². The molecular weight excluding hydrogens is 316 g/mol. The fourth-order valence-electron chi connectivity index (χ4n) is 3.25. The normalized spacial score (nSPS) is 16.4. The quantitative estimate of drug-likeness (QED) is 0.847. The Morgan fingerprint density at radius 2 is 1.96 bits per heavy atom. The summed E-state index contributed by atoms with van der Waals surface area (Å²) >= 11 is 0. The van der Waals surface area contributed by atoms with Gasteiger partial charge in [-0.05, 0) is 57.0 Å². The molecule has 1 fully saturated rings. The van der Waals surface area contributed by atoms with E-state index in [-0.39, 0.29) is 5.91 Å². The van der Waals surface area contributed by atoms with Crippen LogP contribution in [0.15, 0.2) is 36.7 Å². The third-order valence-corrected chi connectivity index (χ3v) is 4.59. The van der Waals surface area contributed by atoms with Crippen LogP contribution in [0.25, 0.3) is 0 Å². The average molecular weight is 342 g/mol. The lowest BCUT2D eigenvalue weighted by Gasteiger charge is -2.23. The molecule has 0 saturated heterocycles. The van der Waals surface area contributed by atoms with E-state index in [9.17, 15) is 4.79 Å². The van der Waals surface area contributed by atoms with Crippen LogP contribution in [0.2, 0.25) is 0 Å².